The molecule has 1 aromatic heterocycles. The first-order valence-corrected chi connectivity index (χ1v) is 8.17. The minimum Gasteiger partial charge on any atom is -0.468 e. The number of ether oxygens (including phenoxy) is 1. The summed E-state index contributed by atoms with van der Waals surface area (Å²) in [6, 6.07) is 6.60. The van der Waals surface area contributed by atoms with E-state index in [1.165, 1.54) is 4.68 Å². The smallest absolute Gasteiger partial charge is 0.271 e. The second-order valence-corrected chi connectivity index (χ2v) is 6.02. The number of nitrogens with one attached hydrogen (secondary N) is 1. The van der Waals surface area contributed by atoms with E-state index in [-0.39, 0.29) is 24.8 Å². The lowest BCUT2D eigenvalue weighted by Crippen LogP contribution is -2.25. The normalized spacial score (nSPS) is 10.5. The molecule has 1 aromatic carbocycles. The van der Waals surface area contributed by atoms with Gasteiger partial charge in [-0.1, -0.05) is 29.3 Å². The predicted octanol–water partition coefficient (Wildman–Crippen LogP) is 3.50. The van der Waals surface area contributed by atoms with Crippen LogP contribution in [0.15, 0.2) is 30.5 Å². The molecule has 0 saturated heterocycles. The Morgan fingerprint density at radius 2 is 1.92 bits per heavy atom. The van der Waals surface area contributed by atoms with Crippen molar-refractivity contribution in [1.29, 1.82) is 0 Å². The van der Waals surface area contributed by atoms with Crippen LogP contribution in [0.4, 0.5) is 0 Å². The Balaban J connectivity index is 1.86. The summed E-state index contributed by atoms with van der Waals surface area (Å²) in [7, 11) is 0. The van der Waals surface area contributed by atoms with Crippen LogP contribution in [0.3, 0.4) is 0 Å². The molecule has 0 unspecified atom stereocenters. The first-order valence-electron chi connectivity index (χ1n) is 7.04. The van der Waals surface area contributed by atoms with Crippen molar-refractivity contribution in [3.8, 4) is 5.75 Å². The summed E-state index contributed by atoms with van der Waals surface area (Å²) >= 11 is 17.2. The van der Waals surface area contributed by atoms with Crippen molar-refractivity contribution in [3.05, 3.63) is 46.2 Å². The SMILES string of the molecule is O=C(Cl)CCCNC(=O)c1ccn(COc2c(Cl)cccc2Cl)n1. The molecule has 0 aliphatic heterocycles. The maximum atomic E-state index is 11.9. The minimum atomic E-state index is -0.427. The molecular formula is C15H14Cl3N3O3. The Hall–Kier alpha value is -1.76. The van der Waals surface area contributed by atoms with Crippen molar-refractivity contribution in [1.82, 2.24) is 15.1 Å². The first-order chi connectivity index (χ1) is 11.5. The predicted molar refractivity (Wildman–Crippen MR) is 91.7 cm³/mol. The van der Waals surface area contributed by atoms with Crippen LogP contribution >= 0.6 is 34.8 Å². The van der Waals surface area contributed by atoms with Gasteiger partial charge >= 0.3 is 0 Å². The number of hydrogen-bond acceptors (Lipinski definition) is 4. The molecule has 1 N–H and O–H groups in total. The molecule has 9 heteroatoms. The van der Waals surface area contributed by atoms with E-state index in [1.807, 2.05) is 0 Å². The highest BCUT2D eigenvalue weighted by Crippen LogP contribution is 2.32. The molecule has 6 nitrogen and oxygen atoms in total. The molecule has 0 atom stereocenters. The third-order valence-corrected chi connectivity index (χ3v) is 3.75. The Bertz CT molecular complexity index is 713. The van der Waals surface area contributed by atoms with E-state index < -0.39 is 5.24 Å². The summed E-state index contributed by atoms with van der Waals surface area (Å²) in [5.74, 6) is 0.0135. The summed E-state index contributed by atoms with van der Waals surface area (Å²) in [5.41, 5.74) is 0.237. The van der Waals surface area contributed by atoms with Crippen molar-refractivity contribution in [2.45, 2.75) is 19.6 Å². The largest absolute Gasteiger partial charge is 0.468 e. The highest BCUT2D eigenvalue weighted by atomic mass is 35.5. The van der Waals surface area contributed by atoms with Gasteiger partial charge < -0.3 is 10.1 Å². The summed E-state index contributed by atoms with van der Waals surface area (Å²) in [6.45, 7) is 0.396. The lowest BCUT2D eigenvalue weighted by molar-refractivity contribution is -0.111. The van der Waals surface area contributed by atoms with E-state index in [4.69, 9.17) is 39.5 Å². The molecule has 2 rings (SSSR count). The molecule has 0 aliphatic rings. The highest BCUT2D eigenvalue weighted by Gasteiger charge is 2.11. The Morgan fingerprint density at radius 3 is 2.58 bits per heavy atom. The second kappa shape index (κ2) is 8.92. The number of amides is 1. The molecule has 0 saturated carbocycles. The van der Waals surface area contributed by atoms with E-state index in [9.17, 15) is 9.59 Å². The number of carbonyl (C=O) groups excluding carboxylic acids is 2. The molecule has 128 valence electrons. The number of aromatic nitrogens is 2. The molecule has 0 aliphatic carbocycles. The third kappa shape index (κ3) is 5.40. The number of halogens is 3. The standard InChI is InChI=1S/C15H14Cl3N3O3/c16-10-3-1-4-11(17)14(10)24-9-21-8-6-12(20-21)15(23)19-7-2-5-13(18)22/h1,3-4,6,8H,2,5,7,9H2,(H,19,23). The molecular weight excluding hydrogens is 377 g/mol. The fourth-order valence-electron chi connectivity index (χ4n) is 1.83. The minimum absolute atomic E-state index is 0.0531. The lowest BCUT2D eigenvalue weighted by atomic mass is 10.3. The first kappa shape index (κ1) is 18.6. The van der Waals surface area contributed by atoms with E-state index in [0.29, 0.717) is 28.8 Å². The van der Waals surface area contributed by atoms with Crippen LogP contribution in [0.25, 0.3) is 0 Å². The van der Waals surface area contributed by atoms with E-state index in [1.54, 1.807) is 30.5 Å². The van der Waals surface area contributed by atoms with Crippen molar-refractivity contribution >= 4 is 46.0 Å². The van der Waals surface area contributed by atoms with Crippen LogP contribution in [0.5, 0.6) is 5.75 Å². The number of nitrogens with zero attached hydrogens (tertiary/aromatic N) is 2. The number of rotatable bonds is 8. The molecule has 0 bridgehead atoms. The van der Waals surface area contributed by atoms with Crippen LogP contribution in [0, 0.1) is 0 Å². The maximum absolute atomic E-state index is 11.9. The third-order valence-electron chi connectivity index (χ3n) is 2.97. The molecule has 1 amide bonds. The summed E-state index contributed by atoms with van der Waals surface area (Å²) in [5, 5.41) is 7.10. The van der Waals surface area contributed by atoms with Gasteiger partial charge in [0.05, 0.1) is 10.0 Å². The van der Waals surface area contributed by atoms with E-state index in [2.05, 4.69) is 10.4 Å². The van der Waals surface area contributed by atoms with Crippen molar-refractivity contribution in [3.63, 3.8) is 0 Å². The summed E-state index contributed by atoms with van der Waals surface area (Å²) in [4.78, 5) is 22.5. The molecule has 0 radical (unpaired) electrons. The van der Waals surface area contributed by atoms with E-state index in [0.717, 1.165) is 0 Å². The average molecular weight is 391 g/mol. The zero-order valence-electron chi connectivity index (χ0n) is 12.5. The molecule has 24 heavy (non-hydrogen) atoms. The number of hydrogen-bond donors (Lipinski definition) is 1. The zero-order chi connectivity index (χ0) is 17.5. The number of para-hydroxylation sites is 1. The highest BCUT2D eigenvalue weighted by molar-refractivity contribution is 6.63. The van der Waals surface area contributed by atoms with Gasteiger partial charge in [-0.05, 0) is 36.2 Å². The Kier molecular flexibility index (Phi) is 6.90. The molecule has 1 heterocycles. The van der Waals surface area contributed by atoms with Gasteiger partial charge in [0.25, 0.3) is 5.91 Å². The van der Waals surface area contributed by atoms with Gasteiger partial charge in [-0.25, -0.2) is 4.68 Å². The maximum Gasteiger partial charge on any atom is 0.271 e. The van der Waals surface area contributed by atoms with Crippen LogP contribution in [0.2, 0.25) is 10.0 Å². The van der Waals surface area contributed by atoms with Crippen LogP contribution in [-0.4, -0.2) is 27.5 Å². The van der Waals surface area contributed by atoms with Crippen molar-refractivity contribution in [2.75, 3.05) is 6.54 Å². The van der Waals surface area contributed by atoms with Gasteiger partial charge in [-0.2, -0.15) is 5.10 Å². The Labute approximate surface area is 153 Å². The average Bonchev–Trinajstić information content (AvgIpc) is 3.00. The van der Waals surface area contributed by atoms with Gasteiger partial charge in [0.15, 0.2) is 12.5 Å². The molecule has 2 aromatic rings. The van der Waals surface area contributed by atoms with Gasteiger partial charge in [0.1, 0.15) is 5.69 Å². The van der Waals surface area contributed by atoms with E-state index >= 15 is 0 Å². The van der Waals surface area contributed by atoms with Gasteiger partial charge in [-0.15, -0.1) is 0 Å². The van der Waals surface area contributed by atoms with Crippen molar-refractivity contribution < 1.29 is 14.3 Å². The van der Waals surface area contributed by atoms with Gasteiger partial charge in [0, 0.05) is 19.2 Å². The fourth-order valence-corrected chi connectivity index (χ4v) is 2.47. The van der Waals surface area contributed by atoms with Crippen molar-refractivity contribution in [2.24, 2.45) is 0 Å². The monoisotopic (exact) mass is 389 g/mol. The molecule has 0 spiro atoms. The summed E-state index contributed by atoms with van der Waals surface area (Å²) in [6.07, 6.45) is 2.29. The second-order valence-electron chi connectivity index (χ2n) is 4.78. The number of carbonyl (C=O) groups is 2. The van der Waals surface area contributed by atoms with Crippen LogP contribution in [-0.2, 0) is 11.5 Å². The topological polar surface area (TPSA) is 73.2 Å². The summed E-state index contributed by atoms with van der Waals surface area (Å²) < 4.78 is 6.97. The van der Waals surface area contributed by atoms with Gasteiger partial charge in [-0.3, -0.25) is 9.59 Å². The molecule has 0 fully saturated rings. The fraction of sp³-hybridized carbons (Fsp3) is 0.267. The lowest BCUT2D eigenvalue weighted by Gasteiger charge is -2.09. The van der Waals surface area contributed by atoms with Gasteiger partial charge in [0.2, 0.25) is 5.24 Å². The zero-order valence-corrected chi connectivity index (χ0v) is 14.7. The quantitative estimate of drug-likeness (QED) is 0.553. The van der Waals surface area contributed by atoms with Crippen LogP contribution in [0.1, 0.15) is 23.3 Å². The number of benzene rings is 1. The van der Waals surface area contributed by atoms with Crippen LogP contribution < -0.4 is 10.1 Å². The Morgan fingerprint density at radius 1 is 1.21 bits per heavy atom.